The molecule has 1 unspecified atom stereocenters. The van der Waals surface area contributed by atoms with E-state index in [9.17, 15) is 14.7 Å². The number of ketones is 1. The van der Waals surface area contributed by atoms with E-state index in [1.165, 1.54) is 22.4 Å². The second-order valence-corrected chi connectivity index (χ2v) is 8.74. The van der Waals surface area contributed by atoms with E-state index in [4.69, 9.17) is 16.3 Å². The number of amides is 1. The number of aliphatic hydroxyl groups excluding tert-OH is 1. The Morgan fingerprint density at radius 3 is 2.67 bits per heavy atom. The average molecular weight is 478 g/mol. The summed E-state index contributed by atoms with van der Waals surface area (Å²) in [7, 11) is 1.57. The van der Waals surface area contributed by atoms with Crippen molar-refractivity contribution >= 4 is 50.0 Å². The van der Waals surface area contributed by atoms with Crippen molar-refractivity contribution in [3.8, 4) is 5.75 Å². The van der Waals surface area contributed by atoms with Crippen LogP contribution in [0.25, 0.3) is 10.2 Å². The predicted molar refractivity (Wildman–Crippen MR) is 126 cm³/mol. The first-order valence-corrected chi connectivity index (χ1v) is 11.1. The van der Waals surface area contributed by atoms with Crippen LogP contribution in [0.3, 0.4) is 0 Å². The fraction of sp³-hybridized carbons (Fsp3) is 0.0833. The van der Waals surface area contributed by atoms with Gasteiger partial charge in [-0.2, -0.15) is 0 Å². The van der Waals surface area contributed by atoms with Crippen LogP contribution in [0.5, 0.6) is 5.75 Å². The van der Waals surface area contributed by atoms with Crippen molar-refractivity contribution in [3.63, 3.8) is 0 Å². The third-order valence-electron chi connectivity index (χ3n) is 5.35. The van der Waals surface area contributed by atoms with Crippen LogP contribution in [0, 0.1) is 0 Å². The Labute approximate surface area is 197 Å². The number of rotatable bonds is 5. The summed E-state index contributed by atoms with van der Waals surface area (Å²) in [6.07, 6.45) is 2.95. The number of halogens is 1. The van der Waals surface area contributed by atoms with Crippen molar-refractivity contribution in [3.05, 3.63) is 94.5 Å². The maximum absolute atomic E-state index is 13.4. The number of benzene rings is 2. The van der Waals surface area contributed by atoms with Crippen molar-refractivity contribution in [1.82, 2.24) is 9.97 Å². The third kappa shape index (κ3) is 3.63. The maximum atomic E-state index is 13.4. The summed E-state index contributed by atoms with van der Waals surface area (Å²) in [5.74, 6) is -1.14. The first-order valence-electron chi connectivity index (χ1n) is 9.89. The van der Waals surface area contributed by atoms with E-state index in [0.717, 1.165) is 4.70 Å². The van der Waals surface area contributed by atoms with Gasteiger partial charge in [-0.05, 0) is 48.0 Å². The molecule has 9 heteroatoms. The van der Waals surface area contributed by atoms with Gasteiger partial charge in [0.15, 0.2) is 16.7 Å². The Bertz CT molecular complexity index is 1420. The average Bonchev–Trinajstić information content (AvgIpc) is 3.37. The lowest BCUT2D eigenvalue weighted by Crippen LogP contribution is -2.31. The number of pyridine rings is 1. The number of hydrogen-bond donors (Lipinski definition) is 1. The van der Waals surface area contributed by atoms with Gasteiger partial charge < -0.3 is 9.84 Å². The molecule has 1 aliphatic heterocycles. The number of aromatic nitrogens is 2. The SMILES string of the molecule is COc1ccc2nc(N3C(=O)C(O)=C(C(=O)c4cccnc4)C3c3ccc(Cl)cc3)sc2c1. The van der Waals surface area contributed by atoms with Gasteiger partial charge in [0, 0.05) is 23.0 Å². The van der Waals surface area contributed by atoms with Gasteiger partial charge in [-0.3, -0.25) is 19.5 Å². The number of nitrogens with zero attached hydrogens (tertiary/aromatic N) is 3. The van der Waals surface area contributed by atoms with Crippen LogP contribution in [-0.4, -0.2) is 33.9 Å². The molecule has 3 heterocycles. The Kier molecular flexibility index (Phi) is 5.32. The second kappa shape index (κ2) is 8.31. The lowest BCUT2D eigenvalue weighted by molar-refractivity contribution is -0.117. The molecule has 1 amide bonds. The van der Waals surface area contributed by atoms with Gasteiger partial charge >= 0.3 is 0 Å². The minimum absolute atomic E-state index is 0.0350. The van der Waals surface area contributed by atoms with Crippen LogP contribution in [-0.2, 0) is 4.79 Å². The van der Waals surface area contributed by atoms with E-state index in [-0.39, 0.29) is 11.1 Å². The normalized spacial score (nSPS) is 16.0. The van der Waals surface area contributed by atoms with Crippen LogP contribution in [0.4, 0.5) is 5.13 Å². The lowest BCUT2D eigenvalue weighted by Gasteiger charge is -2.24. The fourth-order valence-electron chi connectivity index (χ4n) is 3.77. The number of methoxy groups -OCH3 is 1. The standard InChI is InChI=1S/C24H16ClN3O4S/c1-32-16-8-9-17-18(11-16)33-24(27-17)28-20(13-4-6-15(25)7-5-13)19(22(30)23(28)31)21(29)14-3-2-10-26-12-14/h2-12,20,30H,1H3. The summed E-state index contributed by atoms with van der Waals surface area (Å²) >= 11 is 7.33. The highest BCUT2D eigenvalue weighted by Crippen LogP contribution is 2.44. The third-order valence-corrected chi connectivity index (χ3v) is 6.62. The number of carbonyl (C=O) groups is 2. The Balaban J connectivity index is 1.67. The molecule has 0 saturated heterocycles. The molecule has 33 heavy (non-hydrogen) atoms. The second-order valence-electron chi connectivity index (χ2n) is 7.29. The van der Waals surface area contributed by atoms with Gasteiger partial charge in [-0.1, -0.05) is 35.1 Å². The molecule has 0 aliphatic carbocycles. The summed E-state index contributed by atoms with van der Waals surface area (Å²) in [5.41, 5.74) is 1.51. The van der Waals surface area contributed by atoms with Gasteiger partial charge in [0.1, 0.15) is 5.75 Å². The molecule has 164 valence electrons. The number of aliphatic hydroxyl groups is 1. The Morgan fingerprint density at radius 2 is 1.97 bits per heavy atom. The highest BCUT2D eigenvalue weighted by atomic mass is 35.5. The molecular formula is C24H16ClN3O4S. The monoisotopic (exact) mass is 477 g/mol. The van der Waals surface area contributed by atoms with E-state index >= 15 is 0 Å². The quantitative estimate of drug-likeness (QED) is 0.400. The number of anilines is 1. The highest BCUT2D eigenvalue weighted by molar-refractivity contribution is 7.22. The van der Waals surface area contributed by atoms with E-state index in [1.54, 1.807) is 61.8 Å². The summed E-state index contributed by atoms with van der Waals surface area (Å²) in [4.78, 5) is 36.6. The molecule has 0 spiro atoms. The van der Waals surface area contributed by atoms with Gasteiger partial charge in [-0.15, -0.1) is 0 Å². The molecule has 7 nitrogen and oxygen atoms in total. The molecule has 1 aliphatic rings. The largest absolute Gasteiger partial charge is 0.503 e. The van der Waals surface area contributed by atoms with Crippen molar-refractivity contribution in [2.24, 2.45) is 0 Å². The molecule has 0 fully saturated rings. The molecule has 5 rings (SSSR count). The van der Waals surface area contributed by atoms with Crippen molar-refractivity contribution in [2.45, 2.75) is 6.04 Å². The topological polar surface area (TPSA) is 92.6 Å². The van der Waals surface area contributed by atoms with Gasteiger partial charge in [0.2, 0.25) is 0 Å². The molecular weight excluding hydrogens is 462 g/mol. The fourth-order valence-corrected chi connectivity index (χ4v) is 4.92. The molecule has 2 aromatic carbocycles. The van der Waals surface area contributed by atoms with Crippen LogP contribution in [0.15, 0.2) is 78.3 Å². The molecule has 0 saturated carbocycles. The number of Topliss-reactive ketones (excluding diaryl/α,β-unsaturated/α-hetero) is 1. The minimum Gasteiger partial charge on any atom is -0.503 e. The highest BCUT2D eigenvalue weighted by Gasteiger charge is 2.45. The maximum Gasteiger partial charge on any atom is 0.296 e. The molecule has 4 aromatic rings. The number of hydrogen-bond acceptors (Lipinski definition) is 7. The van der Waals surface area contributed by atoms with Gasteiger partial charge in [-0.25, -0.2) is 4.98 Å². The van der Waals surface area contributed by atoms with Crippen LogP contribution in [0.2, 0.25) is 5.02 Å². The van der Waals surface area contributed by atoms with E-state index in [2.05, 4.69) is 9.97 Å². The number of ether oxygens (including phenoxy) is 1. The van der Waals surface area contributed by atoms with E-state index in [0.29, 0.717) is 27.0 Å². The van der Waals surface area contributed by atoms with Crippen molar-refractivity contribution in [2.75, 3.05) is 12.0 Å². The zero-order valence-corrected chi connectivity index (χ0v) is 18.8. The Morgan fingerprint density at radius 1 is 1.18 bits per heavy atom. The first-order chi connectivity index (χ1) is 16.0. The summed E-state index contributed by atoms with van der Waals surface area (Å²) in [6.45, 7) is 0. The molecule has 0 bridgehead atoms. The molecule has 1 atom stereocenters. The molecule has 1 N–H and O–H groups in total. The van der Waals surface area contributed by atoms with Crippen molar-refractivity contribution < 1.29 is 19.4 Å². The number of fused-ring (bicyclic) bond motifs is 1. The van der Waals surface area contributed by atoms with Gasteiger partial charge in [0.05, 0.1) is 28.9 Å². The number of thiazole rings is 1. The van der Waals surface area contributed by atoms with Gasteiger partial charge in [0.25, 0.3) is 5.91 Å². The summed E-state index contributed by atoms with van der Waals surface area (Å²) in [5, 5.41) is 11.7. The van der Waals surface area contributed by atoms with Crippen molar-refractivity contribution in [1.29, 1.82) is 0 Å². The van der Waals surface area contributed by atoms with E-state index < -0.39 is 23.5 Å². The minimum atomic E-state index is -0.884. The Hall–Kier alpha value is -3.75. The smallest absolute Gasteiger partial charge is 0.296 e. The van der Waals surface area contributed by atoms with Crippen LogP contribution < -0.4 is 9.64 Å². The summed E-state index contributed by atoms with van der Waals surface area (Å²) < 4.78 is 6.09. The zero-order chi connectivity index (χ0) is 23.1. The first kappa shape index (κ1) is 21.1. The summed E-state index contributed by atoms with van der Waals surface area (Å²) in [6, 6.07) is 14.5. The lowest BCUT2D eigenvalue weighted by atomic mass is 9.93. The predicted octanol–water partition coefficient (Wildman–Crippen LogP) is 5.14. The van der Waals surface area contributed by atoms with E-state index in [1.807, 2.05) is 6.07 Å². The van der Waals surface area contributed by atoms with Crippen LogP contribution in [0.1, 0.15) is 22.0 Å². The molecule has 2 aromatic heterocycles. The zero-order valence-electron chi connectivity index (χ0n) is 17.2. The van der Waals surface area contributed by atoms with Crippen LogP contribution >= 0.6 is 22.9 Å². The molecule has 0 radical (unpaired) electrons. The number of carbonyl (C=O) groups excluding carboxylic acids is 2.